The molecule has 11 nitrogen and oxygen atoms in total. The lowest BCUT2D eigenvalue weighted by Gasteiger charge is -2.42. The summed E-state index contributed by atoms with van der Waals surface area (Å²) in [5.74, 6) is -0.919. The van der Waals surface area contributed by atoms with Crippen molar-refractivity contribution in [3.05, 3.63) is 69.1 Å². The molecule has 3 aromatic rings. The van der Waals surface area contributed by atoms with Gasteiger partial charge in [-0.1, -0.05) is 41.9 Å². The van der Waals surface area contributed by atoms with Gasteiger partial charge in [0.1, 0.15) is 0 Å². The zero-order valence-electron chi connectivity index (χ0n) is 28.2. The lowest BCUT2D eigenvalue weighted by Crippen LogP contribution is -2.53. The Morgan fingerprint density at radius 2 is 1.56 bits per heavy atom. The Morgan fingerprint density at radius 3 is 2.20 bits per heavy atom. The minimum Gasteiger partial charge on any atom is -0.397 e. The Balaban J connectivity index is 1.14. The molecule has 0 spiro atoms. The zero-order valence-corrected chi connectivity index (χ0v) is 28.9. The second-order valence-corrected chi connectivity index (χ2v) is 14.1. The largest absolute Gasteiger partial charge is 0.418 e. The fraction of sp³-hybridized carbons (Fsp3) is 0.543. The lowest BCUT2D eigenvalue weighted by atomic mass is 9.91. The van der Waals surface area contributed by atoms with Crippen molar-refractivity contribution >= 4 is 29.1 Å². The Morgan fingerprint density at radius 1 is 0.940 bits per heavy atom. The van der Waals surface area contributed by atoms with E-state index in [1.807, 2.05) is 30.3 Å². The van der Waals surface area contributed by atoms with Crippen LogP contribution < -0.4 is 11.4 Å². The van der Waals surface area contributed by atoms with Crippen molar-refractivity contribution in [3.63, 3.8) is 0 Å². The van der Waals surface area contributed by atoms with Crippen molar-refractivity contribution in [3.8, 4) is 11.4 Å². The molecule has 6 rings (SSSR count). The summed E-state index contributed by atoms with van der Waals surface area (Å²) >= 11 is 6.14. The van der Waals surface area contributed by atoms with Crippen molar-refractivity contribution < 1.29 is 22.8 Å². The van der Waals surface area contributed by atoms with E-state index in [2.05, 4.69) is 26.9 Å². The first-order valence-corrected chi connectivity index (χ1v) is 17.6. The predicted octanol–water partition coefficient (Wildman–Crippen LogP) is 4.14. The van der Waals surface area contributed by atoms with Gasteiger partial charge in [0, 0.05) is 70.4 Å². The van der Waals surface area contributed by atoms with Crippen molar-refractivity contribution in [1.82, 2.24) is 34.4 Å². The SMILES string of the molecule is CN1CCN(C2CCN(C(=O)C(CC(=O)N3CCC(n4nc(-c5ccccc5)[nH]c4=O)CC3)Cc3cc(Cl)c(N)c(C(F)(F)F)c3)CC2)CC1. The highest BCUT2D eigenvalue weighted by Gasteiger charge is 2.37. The number of benzene rings is 2. The molecule has 3 aliphatic rings. The Labute approximate surface area is 294 Å². The first kappa shape index (κ1) is 35.9. The number of nitrogens with zero attached hydrogens (tertiary/aromatic N) is 6. The molecular formula is C35H44ClF3N8O3. The van der Waals surface area contributed by atoms with Gasteiger partial charge in [0.25, 0.3) is 0 Å². The summed E-state index contributed by atoms with van der Waals surface area (Å²) in [7, 11) is 2.11. The van der Waals surface area contributed by atoms with Crippen LogP contribution in [0.15, 0.2) is 47.3 Å². The maximum absolute atomic E-state index is 14.1. The van der Waals surface area contributed by atoms with E-state index in [4.69, 9.17) is 17.3 Å². The zero-order chi connectivity index (χ0) is 35.6. The average Bonchev–Trinajstić information content (AvgIpc) is 3.50. The van der Waals surface area contributed by atoms with Crippen LogP contribution in [0.5, 0.6) is 0 Å². The first-order valence-electron chi connectivity index (χ1n) is 17.3. The van der Waals surface area contributed by atoms with E-state index < -0.39 is 23.3 Å². The number of carbonyl (C=O) groups is 2. The van der Waals surface area contributed by atoms with Crippen molar-refractivity contribution in [2.75, 3.05) is 65.1 Å². The Bertz CT molecular complexity index is 1710. The van der Waals surface area contributed by atoms with Crippen molar-refractivity contribution in [2.24, 2.45) is 5.92 Å². The highest BCUT2D eigenvalue weighted by Crippen LogP contribution is 2.38. The summed E-state index contributed by atoms with van der Waals surface area (Å²) in [6.07, 6.45) is -2.40. The van der Waals surface area contributed by atoms with Gasteiger partial charge in [0.15, 0.2) is 5.82 Å². The van der Waals surface area contributed by atoms with Crippen LogP contribution in [0.4, 0.5) is 18.9 Å². The van der Waals surface area contributed by atoms with Crippen LogP contribution in [0.1, 0.15) is 49.3 Å². The fourth-order valence-electron chi connectivity index (χ4n) is 7.46. The smallest absolute Gasteiger partial charge is 0.397 e. The van der Waals surface area contributed by atoms with Crippen LogP contribution in [-0.2, 0) is 22.2 Å². The number of hydrogen-bond donors (Lipinski definition) is 2. The lowest BCUT2D eigenvalue weighted by molar-refractivity contribution is -0.143. The molecule has 0 radical (unpaired) electrons. The Kier molecular flexibility index (Phi) is 10.9. The summed E-state index contributed by atoms with van der Waals surface area (Å²) < 4.78 is 42.9. The summed E-state index contributed by atoms with van der Waals surface area (Å²) in [5.41, 5.74) is 4.71. The van der Waals surface area contributed by atoms with E-state index >= 15 is 0 Å². The van der Waals surface area contributed by atoms with E-state index in [9.17, 15) is 27.6 Å². The number of rotatable bonds is 8. The van der Waals surface area contributed by atoms with Crippen LogP contribution >= 0.6 is 11.6 Å². The minimum atomic E-state index is -4.73. The third kappa shape index (κ3) is 8.18. The number of piperazine rings is 1. The summed E-state index contributed by atoms with van der Waals surface area (Å²) in [6.45, 7) is 5.70. The van der Waals surface area contributed by atoms with Gasteiger partial charge in [0.05, 0.1) is 28.2 Å². The average molecular weight is 717 g/mol. The molecule has 3 saturated heterocycles. The number of anilines is 1. The second-order valence-electron chi connectivity index (χ2n) is 13.7. The molecule has 50 heavy (non-hydrogen) atoms. The van der Waals surface area contributed by atoms with E-state index in [-0.39, 0.29) is 47.0 Å². The number of likely N-dealkylation sites (tertiary alicyclic amines) is 2. The highest BCUT2D eigenvalue weighted by atomic mass is 35.5. The maximum Gasteiger partial charge on any atom is 0.418 e. The molecule has 2 amide bonds. The molecule has 3 N–H and O–H groups in total. The fourth-order valence-corrected chi connectivity index (χ4v) is 7.71. The standard InChI is InChI=1S/C35H44ClF3N8O3/c1-43-15-17-44(18-16-43)26-7-13-46(14-8-26)33(49)25(19-23-20-28(35(37,38)39)31(40)29(36)21-23)22-30(48)45-11-9-27(10-12-45)47-34(50)41-32(42-47)24-5-3-2-4-6-24/h2-6,20-21,25-27H,7-19,22,40H2,1H3,(H,41,42,50). The van der Waals surface area contributed by atoms with Gasteiger partial charge in [-0.05, 0) is 56.8 Å². The first-order chi connectivity index (χ1) is 23.9. The summed E-state index contributed by atoms with van der Waals surface area (Å²) in [4.78, 5) is 51.6. The molecule has 3 aliphatic heterocycles. The number of nitrogens with one attached hydrogen (secondary N) is 1. The number of nitrogens with two attached hydrogens (primary N) is 1. The third-order valence-corrected chi connectivity index (χ3v) is 10.7. The van der Waals surface area contributed by atoms with Gasteiger partial charge in [-0.25, -0.2) is 9.48 Å². The number of nitrogen functional groups attached to an aromatic ring is 1. The molecule has 270 valence electrons. The van der Waals surface area contributed by atoms with E-state index in [1.165, 1.54) is 10.7 Å². The van der Waals surface area contributed by atoms with Crippen LogP contribution in [0.2, 0.25) is 5.02 Å². The number of amides is 2. The maximum atomic E-state index is 14.1. The van der Waals surface area contributed by atoms with Gasteiger partial charge in [-0.3, -0.25) is 19.5 Å². The second kappa shape index (κ2) is 15.2. The number of piperidine rings is 2. The highest BCUT2D eigenvalue weighted by molar-refractivity contribution is 6.33. The molecule has 0 aliphatic carbocycles. The number of likely N-dealkylation sites (N-methyl/N-ethyl adjacent to an activating group) is 1. The van der Waals surface area contributed by atoms with Gasteiger partial charge >= 0.3 is 11.9 Å². The van der Waals surface area contributed by atoms with Crippen LogP contribution in [0.3, 0.4) is 0 Å². The number of carbonyl (C=O) groups excluding carboxylic acids is 2. The number of halogens is 4. The normalized spacial score (nSPS) is 19.5. The van der Waals surface area contributed by atoms with Crippen molar-refractivity contribution in [1.29, 1.82) is 0 Å². The predicted molar refractivity (Wildman–Crippen MR) is 184 cm³/mol. The molecule has 1 unspecified atom stereocenters. The number of aromatic amines is 1. The molecular weight excluding hydrogens is 673 g/mol. The van der Waals surface area contributed by atoms with E-state index in [0.717, 1.165) is 50.7 Å². The summed E-state index contributed by atoms with van der Waals surface area (Å²) in [5, 5.41) is 4.27. The van der Waals surface area contributed by atoms with Gasteiger partial charge in [0.2, 0.25) is 11.8 Å². The third-order valence-electron chi connectivity index (χ3n) is 10.4. The van der Waals surface area contributed by atoms with Gasteiger partial charge in [-0.2, -0.15) is 13.2 Å². The van der Waals surface area contributed by atoms with Crippen molar-refractivity contribution in [2.45, 2.75) is 56.8 Å². The molecule has 4 heterocycles. The van der Waals surface area contributed by atoms with Gasteiger partial charge in [-0.15, -0.1) is 5.10 Å². The van der Waals surface area contributed by atoms with E-state index in [0.29, 0.717) is 50.9 Å². The molecule has 15 heteroatoms. The van der Waals surface area contributed by atoms with Crippen LogP contribution in [0.25, 0.3) is 11.4 Å². The summed E-state index contributed by atoms with van der Waals surface area (Å²) in [6, 6.07) is 11.8. The molecule has 1 aromatic heterocycles. The molecule has 1 atom stereocenters. The number of alkyl halides is 3. The minimum absolute atomic E-state index is 0.0898. The topological polar surface area (TPSA) is 124 Å². The molecule has 0 saturated carbocycles. The number of hydrogen-bond acceptors (Lipinski definition) is 7. The Hall–Kier alpha value is -3.88. The number of H-pyrrole nitrogens is 1. The van der Waals surface area contributed by atoms with Gasteiger partial charge < -0.3 is 20.4 Å². The molecule has 0 bridgehead atoms. The van der Waals surface area contributed by atoms with E-state index in [1.54, 1.807) is 9.80 Å². The number of aromatic nitrogens is 3. The molecule has 3 fully saturated rings. The van der Waals surface area contributed by atoms with Crippen LogP contribution in [-0.4, -0.2) is 112 Å². The van der Waals surface area contributed by atoms with Crippen LogP contribution in [0, 0.1) is 5.92 Å². The molecule has 2 aromatic carbocycles. The monoisotopic (exact) mass is 716 g/mol. The quantitative estimate of drug-likeness (QED) is 0.336.